The molecule has 6 nitrogen and oxygen atoms in total. The van der Waals surface area contributed by atoms with Crippen molar-refractivity contribution in [2.45, 2.75) is 26.3 Å². The molecular formula is C23H25ClN4O2. The SMILES string of the molecule is CC(C(=O)NCc1cccnc1)C1CCN(C(=O)c2cc3cc(Cl)ccc3[nH]2)CC1. The lowest BCUT2D eigenvalue weighted by Crippen LogP contribution is -2.42. The Morgan fingerprint density at radius 2 is 2.07 bits per heavy atom. The first-order chi connectivity index (χ1) is 14.5. The zero-order valence-corrected chi connectivity index (χ0v) is 17.7. The summed E-state index contributed by atoms with van der Waals surface area (Å²) in [6.45, 7) is 3.76. The van der Waals surface area contributed by atoms with Crippen molar-refractivity contribution in [3.05, 3.63) is 65.1 Å². The Morgan fingerprint density at radius 1 is 1.27 bits per heavy atom. The van der Waals surface area contributed by atoms with Crippen molar-refractivity contribution in [2.24, 2.45) is 11.8 Å². The molecule has 0 bridgehead atoms. The highest BCUT2D eigenvalue weighted by Crippen LogP contribution is 2.27. The summed E-state index contributed by atoms with van der Waals surface area (Å²) in [5.41, 5.74) is 2.46. The van der Waals surface area contributed by atoms with Crippen LogP contribution in [0, 0.1) is 11.8 Å². The van der Waals surface area contributed by atoms with E-state index in [4.69, 9.17) is 11.6 Å². The molecule has 0 saturated carbocycles. The predicted molar refractivity (Wildman–Crippen MR) is 117 cm³/mol. The molecule has 1 saturated heterocycles. The number of hydrogen-bond donors (Lipinski definition) is 2. The van der Waals surface area contributed by atoms with E-state index in [0.717, 1.165) is 29.3 Å². The topological polar surface area (TPSA) is 78.1 Å². The Morgan fingerprint density at radius 3 is 2.80 bits per heavy atom. The van der Waals surface area contributed by atoms with Gasteiger partial charge < -0.3 is 15.2 Å². The van der Waals surface area contributed by atoms with Crippen LogP contribution in [0.2, 0.25) is 5.02 Å². The van der Waals surface area contributed by atoms with Gasteiger partial charge in [-0.2, -0.15) is 0 Å². The number of aromatic nitrogens is 2. The molecule has 3 heterocycles. The lowest BCUT2D eigenvalue weighted by molar-refractivity contribution is -0.126. The second kappa shape index (κ2) is 8.88. The molecule has 7 heteroatoms. The van der Waals surface area contributed by atoms with Gasteiger partial charge >= 0.3 is 0 Å². The van der Waals surface area contributed by atoms with Crippen LogP contribution in [0.3, 0.4) is 0 Å². The first-order valence-electron chi connectivity index (χ1n) is 10.3. The van der Waals surface area contributed by atoms with E-state index in [9.17, 15) is 9.59 Å². The summed E-state index contributed by atoms with van der Waals surface area (Å²) in [5, 5.41) is 4.58. The standard InChI is InChI=1S/C23H25ClN4O2/c1-15(22(29)26-14-16-3-2-8-25-13-16)17-6-9-28(10-7-17)23(30)21-12-18-11-19(24)4-5-20(18)27-21/h2-5,8,11-13,15,17,27H,6-7,9-10,14H2,1H3,(H,26,29). The quantitative estimate of drug-likeness (QED) is 0.649. The van der Waals surface area contributed by atoms with Crippen molar-refractivity contribution in [1.82, 2.24) is 20.2 Å². The van der Waals surface area contributed by atoms with Gasteiger partial charge in [0.15, 0.2) is 0 Å². The number of aromatic amines is 1. The van der Waals surface area contributed by atoms with Gasteiger partial charge in [0.25, 0.3) is 5.91 Å². The van der Waals surface area contributed by atoms with Gasteiger partial charge in [0.05, 0.1) is 0 Å². The Bertz CT molecular complexity index is 1040. The van der Waals surface area contributed by atoms with Gasteiger partial charge in [-0.1, -0.05) is 24.6 Å². The summed E-state index contributed by atoms with van der Waals surface area (Å²) in [7, 11) is 0. The minimum Gasteiger partial charge on any atom is -0.352 e. The summed E-state index contributed by atoms with van der Waals surface area (Å²) in [5.74, 6) is 0.226. The van der Waals surface area contributed by atoms with Gasteiger partial charge in [0, 0.05) is 53.9 Å². The summed E-state index contributed by atoms with van der Waals surface area (Å²) in [6.07, 6.45) is 5.11. The number of nitrogens with one attached hydrogen (secondary N) is 2. The largest absolute Gasteiger partial charge is 0.352 e. The van der Waals surface area contributed by atoms with Crippen LogP contribution < -0.4 is 5.32 Å². The summed E-state index contributed by atoms with van der Waals surface area (Å²) in [4.78, 5) is 34.6. The van der Waals surface area contributed by atoms with Crippen LogP contribution in [0.1, 0.15) is 35.8 Å². The normalized spacial score (nSPS) is 15.9. The van der Waals surface area contributed by atoms with Crippen LogP contribution in [0.15, 0.2) is 48.8 Å². The fourth-order valence-corrected chi connectivity index (χ4v) is 4.24. The van der Waals surface area contributed by atoms with Crippen molar-refractivity contribution in [1.29, 1.82) is 0 Å². The average molecular weight is 425 g/mol. The first kappa shape index (κ1) is 20.4. The average Bonchev–Trinajstić information content (AvgIpc) is 3.20. The molecule has 2 amide bonds. The molecule has 4 rings (SSSR count). The van der Waals surface area contributed by atoms with E-state index in [2.05, 4.69) is 15.3 Å². The van der Waals surface area contributed by atoms with Crippen LogP contribution in [-0.2, 0) is 11.3 Å². The molecule has 0 aliphatic carbocycles. The number of amides is 2. The Kier molecular flexibility index (Phi) is 6.04. The highest BCUT2D eigenvalue weighted by Gasteiger charge is 2.30. The van der Waals surface area contributed by atoms with Crippen LogP contribution in [0.25, 0.3) is 10.9 Å². The van der Waals surface area contributed by atoms with Crippen molar-refractivity contribution >= 4 is 34.3 Å². The molecule has 30 heavy (non-hydrogen) atoms. The molecule has 1 aromatic carbocycles. The van der Waals surface area contributed by atoms with E-state index in [1.54, 1.807) is 18.5 Å². The van der Waals surface area contributed by atoms with E-state index >= 15 is 0 Å². The summed E-state index contributed by atoms with van der Waals surface area (Å²) >= 11 is 6.04. The second-order valence-corrected chi connectivity index (χ2v) is 8.35. The number of halogens is 1. The summed E-state index contributed by atoms with van der Waals surface area (Å²) < 4.78 is 0. The third-order valence-corrected chi connectivity index (χ3v) is 6.19. The van der Waals surface area contributed by atoms with E-state index in [0.29, 0.717) is 30.4 Å². The highest BCUT2D eigenvalue weighted by molar-refractivity contribution is 6.31. The predicted octanol–water partition coefficient (Wildman–Crippen LogP) is 4.02. The van der Waals surface area contributed by atoms with Crippen molar-refractivity contribution < 1.29 is 9.59 Å². The van der Waals surface area contributed by atoms with Crippen LogP contribution in [0.4, 0.5) is 0 Å². The zero-order valence-electron chi connectivity index (χ0n) is 16.9. The smallest absolute Gasteiger partial charge is 0.270 e. The molecule has 1 aliphatic heterocycles. The number of H-pyrrole nitrogens is 1. The molecule has 2 aromatic heterocycles. The number of rotatable bonds is 5. The van der Waals surface area contributed by atoms with Gasteiger partial charge in [0.2, 0.25) is 5.91 Å². The van der Waals surface area contributed by atoms with E-state index in [1.165, 1.54) is 0 Å². The number of benzene rings is 1. The number of carbonyl (C=O) groups excluding carboxylic acids is 2. The Labute approximate surface area is 180 Å². The van der Waals surface area contributed by atoms with E-state index < -0.39 is 0 Å². The maximum Gasteiger partial charge on any atom is 0.270 e. The summed E-state index contributed by atoms with van der Waals surface area (Å²) in [6, 6.07) is 11.2. The highest BCUT2D eigenvalue weighted by atomic mass is 35.5. The number of likely N-dealkylation sites (tertiary alicyclic amines) is 1. The number of carbonyl (C=O) groups is 2. The molecule has 1 unspecified atom stereocenters. The van der Waals surface area contributed by atoms with Crippen molar-refractivity contribution in [2.75, 3.05) is 13.1 Å². The van der Waals surface area contributed by atoms with Crippen molar-refractivity contribution in [3.8, 4) is 0 Å². The molecule has 3 aromatic rings. The van der Waals surface area contributed by atoms with Gasteiger partial charge in [-0.3, -0.25) is 14.6 Å². The first-order valence-corrected chi connectivity index (χ1v) is 10.6. The second-order valence-electron chi connectivity index (χ2n) is 7.91. The fourth-order valence-electron chi connectivity index (χ4n) is 4.06. The Balaban J connectivity index is 1.31. The molecule has 0 radical (unpaired) electrons. The van der Waals surface area contributed by atoms with Crippen molar-refractivity contribution in [3.63, 3.8) is 0 Å². The number of piperidine rings is 1. The maximum atomic E-state index is 12.9. The molecular weight excluding hydrogens is 400 g/mol. The monoisotopic (exact) mass is 424 g/mol. The molecule has 0 spiro atoms. The number of hydrogen-bond acceptors (Lipinski definition) is 3. The number of fused-ring (bicyclic) bond motifs is 1. The zero-order chi connectivity index (χ0) is 21.1. The minimum atomic E-state index is -0.0888. The fraction of sp³-hybridized carbons (Fsp3) is 0.348. The molecule has 1 atom stereocenters. The third-order valence-electron chi connectivity index (χ3n) is 5.95. The van der Waals surface area contributed by atoms with Gasteiger partial charge in [-0.25, -0.2) is 0 Å². The lowest BCUT2D eigenvalue weighted by atomic mass is 9.84. The third kappa shape index (κ3) is 4.49. The molecule has 2 N–H and O–H groups in total. The number of pyridine rings is 1. The Hall–Kier alpha value is -2.86. The minimum absolute atomic E-state index is 0.00513. The molecule has 1 fully saturated rings. The lowest BCUT2D eigenvalue weighted by Gasteiger charge is -2.34. The number of nitrogens with zero attached hydrogens (tertiary/aromatic N) is 2. The van der Waals surface area contributed by atoms with E-state index in [-0.39, 0.29) is 23.7 Å². The maximum absolute atomic E-state index is 12.9. The van der Waals surface area contributed by atoms with Crippen LogP contribution in [-0.4, -0.2) is 39.8 Å². The van der Waals surface area contributed by atoms with Gasteiger partial charge in [0.1, 0.15) is 5.69 Å². The molecule has 1 aliphatic rings. The van der Waals surface area contributed by atoms with Gasteiger partial charge in [-0.05, 0) is 54.7 Å². The van der Waals surface area contributed by atoms with E-state index in [1.807, 2.05) is 42.2 Å². The van der Waals surface area contributed by atoms with Crippen LogP contribution >= 0.6 is 11.6 Å². The van der Waals surface area contributed by atoms with Crippen LogP contribution in [0.5, 0.6) is 0 Å². The molecule has 156 valence electrons. The van der Waals surface area contributed by atoms with Gasteiger partial charge in [-0.15, -0.1) is 0 Å².